The minimum atomic E-state index is -0.812. The van der Waals surface area contributed by atoms with Gasteiger partial charge in [0, 0.05) is 17.3 Å². The average molecular weight is 307 g/mol. The summed E-state index contributed by atoms with van der Waals surface area (Å²) in [5.74, 6) is 0.162. The summed E-state index contributed by atoms with van der Waals surface area (Å²) in [5, 5.41) is -0.812. The standard InChI is InChI=1S/C21H19B2N/c1-15(2)21(22,23)19-11-8-16(9-12-19)18-10-13-20(24-14-18)17-6-4-3-5-7-17/h3-15H,1-2H3. The summed E-state index contributed by atoms with van der Waals surface area (Å²) in [6, 6.07) is 22.4. The molecule has 0 aliphatic rings. The maximum Gasteiger partial charge on any atom is 0.0702 e. The van der Waals surface area contributed by atoms with Crippen molar-refractivity contribution in [2.45, 2.75) is 19.1 Å². The second-order valence-electron chi connectivity index (χ2n) is 6.46. The van der Waals surface area contributed by atoms with Gasteiger partial charge in [-0.25, -0.2) is 0 Å². The van der Waals surface area contributed by atoms with Crippen molar-refractivity contribution in [2.24, 2.45) is 5.92 Å². The molecule has 4 radical (unpaired) electrons. The lowest BCUT2D eigenvalue weighted by Crippen LogP contribution is -2.33. The third kappa shape index (κ3) is 3.31. The fraction of sp³-hybridized carbons (Fsp3) is 0.190. The van der Waals surface area contributed by atoms with E-state index in [1.165, 1.54) is 0 Å². The molecule has 3 aromatic rings. The van der Waals surface area contributed by atoms with Crippen LogP contribution in [0, 0.1) is 5.92 Å². The van der Waals surface area contributed by atoms with Crippen LogP contribution >= 0.6 is 0 Å². The first-order valence-electron chi connectivity index (χ1n) is 8.18. The molecule has 0 unspecified atom stereocenters. The smallest absolute Gasteiger partial charge is 0.0702 e. The molecule has 114 valence electrons. The van der Waals surface area contributed by atoms with Gasteiger partial charge in [0.15, 0.2) is 0 Å². The largest absolute Gasteiger partial charge is 0.256 e. The van der Waals surface area contributed by atoms with Gasteiger partial charge in [-0.05, 0) is 11.6 Å². The first-order valence-corrected chi connectivity index (χ1v) is 8.18. The first kappa shape index (κ1) is 16.6. The highest BCUT2D eigenvalue weighted by Gasteiger charge is 2.23. The van der Waals surface area contributed by atoms with E-state index in [2.05, 4.69) is 23.2 Å². The lowest BCUT2D eigenvalue weighted by molar-refractivity contribution is 0.570. The van der Waals surface area contributed by atoms with Gasteiger partial charge in [0.25, 0.3) is 0 Å². The van der Waals surface area contributed by atoms with Crippen molar-refractivity contribution >= 4 is 15.7 Å². The summed E-state index contributed by atoms with van der Waals surface area (Å²) >= 11 is 0. The number of benzene rings is 2. The molecule has 0 amide bonds. The topological polar surface area (TPSA) is 12.9 Å². The molecule has 3 heteroatoms. The Morgan fingerprint density at radius 1 is 0.750 bits per heavy atom. The number of aromatic nitrogens is 1. The van der Waals surface area contributed by atoms with Gasteiger partial charge < -0.3 is 0 Å². The fourth-order valence-corrected chi connectivity index (χ4v) is 2.63. The molecule has 1 aromatic heterocycles. The quantitative estimate of drug-likeness (QED) is 0.644. The lowest BCUT2D eigenvalue weighted by Gasteiger charge is -2.31. The Morgan fingerprint density at radius 2 is 1.38 bits per heavy atom. The first-order chi connectivity index (χ1) is 11.5. The van der Waals surface area contributed by atoms with Gasteiger partial charge in [0.2, 0.25) is 0 Å². The molecule has 0 fully saturated rings. The predicted octanol–water partition coefficient (Wildman–Crippen LogP) is 4.56. The Labute approximate surface area is 147 Å². The zero-order valence-corrected chi connectivity index (χ0v) is 14.1. The second kappa shape index (κ2) is 6.68. The van der Waals surface area contributed by atoms with E-state index in [4.69, 9.17) is 15.7 Å². The van der Waals surface area contributed by atoms with Crippen LogP contribution in [0.1, 0.15) is 19.4 Å². The molecule has 0 atom stereocenters. The summed E-state index contributed by atoms with van der Waals surface area (Å²) in [6.45, 7) is 4.06. The predicted molar refractivity (Wildman–Crippen MR) is 103 cm³/mol. The highest BCUT2D eigenvalue weighted by molar-refractivity contribution is 6.40. The van der Waals surface area contributed by atoms with Gasteiger partial charge in [-0.1, -0.05) is 91.2 Å². The van der Waals surface area contributed by atoms with Crippen molar-refractivity contribution in [3.63, 3.8) is 0 Å². The van der Waals surface area contributed by atoms with Crippen molar-refractivity contribution in [1.82, 2.24) is 4.98 Å². The van der Waals surface area contributed by atoms with Crippen LogP contribution in [-0.4, -0.2) is 20.7 Å². The summed E-state index contributed by atoms with van der Waals surface area (Å²) < 4.78 is 0. The summed E-state index contributed by atoms with van der Waals surface area (Å²) in [7, 11) is 12.4. The molecule has 1 nitrogen and oxygen atoms in total. The molecule has 0 aliphatic carbocycles. The number of hydrogen-bond acceptors (Lipinski definition) is 1. The monoisotopic (exact) mass is 307 g/mol. The minimum absolute atomic E-state index is 0.162. The Kier molecular flexibility index (Phi) is 4.62. The van der Waals surface area contributed by atoms with E-state index in [1.807, 2.05) is 68.6 Å². The third-order valence-corrected chi connectivity index (χ3v) is 4.51. The molecular weight excluding hydrogens is 288 g/mol. The van der Waals surface area contributed by atoms with E-state index in [0.29, 0.717) is 0 Å². The number of nitrogens with zero attached hydrogens (tertiary/aromatic N) is 1. The third-order valence-electron chi connectivity index (χ3n) is 4.51. The maximum atomic E-state index is 6.22. The zero-order chi connectivity index (χ0) is 17.2. The van der Waals surface area contributed by atoms with E-state index in [9.17, 15) is 0 Å². The highest BCUT2D eigenvalue weighted by Crippen LogP contribution is 2.28. The summed E-state index contributed by atoms with van der Waals surface area (Å²) in [4.78, 5) is 4.58. The van der Waals surface area contributed by atoms with Crippen molar-refractivity contribution in [3.05, 3.63) is 78.5 Å². The van der Waals surface area contributed by atoms with E-state index < -0.39 is 5.21 Å². The molecule has 0 saturated heterocycles. The van der Waals surface area contributed by atoms with Crippen molar-refractivity contribution in [2.75, 3.05) is 0 Å². The summed E-state index contributed by atoms with van der Waals surface area (Å²) in [6.07, 6.45) is 1.90. The van der Waals surface area contributed by atoms with Crippen LogP contribution in [0.3, 0.4) is 0 Å². The summed E-state index contributed by atoms with van der Waals surface area (Å²) in [5.41, 5.74) is 5.21. The van der Waals surface area contributed by atoms with Crippen molar-refractivity contribution in [1.29, 1.82) is 0 Å². The van der Waals surface area contributed by atoms with Gasteiger partial charge in [-0.2, -0.15) is 0 Å². The van der Waals surface area contributed by atoms with Gasteiger partial charge in [0.05, 0.1) is 21.4 Å². The average Bonchev–Trinajstić information content (AvgIpc) is 2.62. The van der Waals surface area contributed by atoms with Gasteiger partial charge in [-0.3, -0.25) is 4.98 Å². The molecule has 0 spiro atoms. The van der Waals surface area contributed by atoms with Gasteiger partial charge in [0.1, 0.15) is 0 Å². The van der Waals surface area contributed by atoms with Crippen LogP contribution < -0.4 is 0 Å². The Bertz CT molecular complexity index is 792. The Hall–Kier alpha value is -2.28. The molecule has 2 aromatic carbocycles. The SMILES string of the molecule is [B]C([B])(c1ccc(-c2ccc(-c3ccccc3)nc2)cc1)C(C)C. The number of hydrogen-bond donors (Lipinski definition) is 0. The molecule has 0 saturated carbocycles. The molecule has 24 heavy (non-hydrogen) atoms. The van der Waals surface area contributed by atoms with Crippen molar-refractivity contribution in [3.8, 4) is 22.4 Å². The number of rotatable bonds is 4. The lowest BCUT2D eigenvalue weighted by atomic mass is 9.46. The van der Waals surface area contributed by atoms with Crippen LogP contribution in [-0.2, 0) is 5.21 Å². The van der Waals surface area contributed by atoms with Crippen LogP contribution in [0.2, 0.25) is 0 Å². The van der Waals surface area contributed by atoms with E-state index >= 15 is 0 Å². The molecular formula is C21H19B2N. The fourth-order valence-electron chi connectivity index (χ4n) is 2.63. The molecule has 1 heterocycles. The minimum Gasteiger partial charge on any atom is -0.256 e. The van der Waals surface area contributed by atoms with E-state index in [-0.39, 0.29) is 5.92 Å². The molecule has 0 N–H and O–H groups in total. The van der Waals surface area contributed by atoms with Gasteiger partial charge >= 0.3 is 0 Å². The Balaban J connectivity index is 1.85. The van der Waals surface area contributed by atoms with E-state index in [1.54, 1.807) is 0 Å². The van der Waals surface area contributed by atoms with Crippen molar-refractivity contribution < 1.29 is 0 Å². The zero-order valence-electron chi connectivity index (χ0n) is 14.1. The Morgan fingerprint density at radius 3 is 1.92 bits per heavy atom. The van der Waals surface area contributed by atoms with Crippen LogP contribution in [0.4, 0.5) is 0 Å². The van der Waals surface area contributed by atoms with E-state index in [0.717, 1.165) is 27.9 Å². The van der Waals surface area contributed by atoms with Crippen LogP contribution in [0.25, 0.3) is 22.4 Å². The van der Waals surface area contributed by atoms with Crippen LogP contribution in [0.15, 0.2) is 72.9 Å². The molecule has 3 rings (SSSR count). The van der Waals surface area contributed by atoms with Gasteiger partial charge in [-0.15, -0.1) is 0 Å². The molecule has 0 aliphatic heterocycles. The molecule has 0 bridgehead atoms. The number of pyridine rings is 1. The normalized spacial score (nSPS) is 11.6. The highest BCUT2D eigenvalue weighted by atomic mass is 14.7. The maximum absolute atomic E-state index is 6.22. The second-order valence-corrected chi connectivity index (χ2v) is 6.46. The van der Waals surface area contributed by atoms with Crippen LogP contribution in [0.5, 0.6) is 0 Å².